The molecule has 2 saturated heterocycles. The Hall–Kier alpha value is -1.68. The molecule has 0 spiro atoms. The van der Waals surface area contributed by atoms with Crippen molar-refractivity contribution in [3.8, 4) is 5.75 Å². The number of carbonyl (C=O) groups is 1. The summed E-state index contributed by atoms with van der Waals surface area (Å²) in [6.07, 6.45) is 0. The number of nitrogens with zero attached hydrogens (tertiary/aromatic N) is 2. The largest absolute Gasteiger partial charge is 0.496 e. The van der Waals surface area contributed by atoms with Crippen LogP contribution in [0.3, 0.4) is 0 Å². The van der Waals surface area contributed by atoms with E-state index < -0.39 is 10.0 Å². The number of methoxy groups -OCH3 is 1. The van der Waals surface area contributed by atoms with E-state index in [0.717, 1.165) is 0 Å². The number of amides is 1. The zero-order chi connectivity index (χ0) is 18.7. The number of hydrogen-bond acceptors (Lipinski definition) is 6. The predicted molar refractivity (Wildman–Crippen MR) is 95.9 cm³/mol. The van der Waals surface area contributed by atoms with E-state index in [0.29, 0.717) is 51.7 Å². The Kier molecular flexibility index (Phi) is 5.81. The van der Waals surface area contributed by atoms with E-state index in [1.54, 1.807) is 11.0 Å². The summed E-state index contributed by atoms with van der Waals surface area (Å²) in [5.41, 5.74) is 0.274. The highest BCUT2D eigenvalue weighted by Crippen LogP contribution is 2.26. The van der Waals surface area contributed by atoms with Crippen LogP contribution in [0.1, 0.15) is 17.3 Å². The molecule has 0 aromatic heterocycles. The maximum Gasteiger partial charge on any atom is 0.257 e. The molecule has 144 valence electrons. The number of piperazine rings is 1. The minimum Gasteiger partial charge on any atom is -0.496 e. The molecule has 8 nitrogen and oxygen atoms in total. The fourth-order valence-corrected chi connectivity index (χ4v) is 4.67. The monoisotopic (exact) mass is 383 g/mol. The van der Waals surface area contributed by atoms with Crippen LogP contribution in [-0.2, 0) is 14.8 Å². The van der Waals surface area contributed by atoms with Crippen molar-refractivity contribution in [1.29, 1.82) is 0 Å². The second kappa shape index (κ2) is 7.91. The zero-order valence-electron chi connectivity index (χ0n) is 15.1. The van der Waals surface area contributed by atoms with Gasteiger partial charge in [-0.3, -0.25) is 4.79 Å². The lowest BCUT2D eigenvalue weighted by atomic mass is 10.1. The average molecular weight is 383 g/mol. The van der Waals surface area contributed by atoms with E-state index in [2.05, 4.69) is 5.32 Å². The molecule has 9 heteroatoms. The van der Waals surface area contributed by atoms with Gasteiger partial charge in [0.05, 0.1) is 30.8 Å². The van der Waals surface area contributed by atoms with Gasteiger partial charge in [0.25, 0.3) is 5.91 Å². The Morgan fingerprint density at radius 1 is 1.27 bits per heavy atom. The van der Waals surface area contributed by atoms with E-state index in [4.69, 9.17) is 9.47 Å². The van der Waals surface area contributed by atoms with E-state index in [1.807, 2.05) is 6.92 Å². The van der Waals surface area contributed by atoms with E-state index >= 15 is 0 Å². The van der Waals surface area contributed by atoms with Crippen molar-refractivity contribution in [2.45, 2.75) is 17.9 Å². The summed E-state index contributed by atoms with van der Waals surface area (Å²) in [6, 6.07) is 4.66. The number of rotatable bonds is 4. The van der Waals surface area contributed by atoms with Crippen LogP contribution in [-0.4, -0.2) is 82.6 Å². The summed E-state index contributed by atoms with van der Waals surface area (Å²) in [6.45, 7) is 5.24. The quantitative estimate of drug-likeness (QED) is 0.796. The first-order valence-electron chi connectivity index (χ1n) is 8.72. The van der Waals surface area contributed by atoms with Gasteiger partial charge in [0.1, 0.15) is 5.75 Å². The molecule has 2 heterocycles. The molecule has 2 aliphatic heterocycles. The lowest BCUT2D eigenvalue weighted by Gasteiger charge is -2.32. The summed E-state index contributed by atoms with van der Waals surface area (Å²) >= 11 is 0. The molecule has 1 aromatic carbocycles. The Morgan fingerprint density at radius 3 is 2.65 bits per heavy atom. The molecule has 1 aromatic rings. The summed E-state index contributed by atoms with van der Waals surface area (Å²) in [7, 11) is -2.19. The fourth-order valence-electron chi connectivity index (χ4n) is 3.24. The standard InChI is InChI=1S/C17H25N3O5S/c1-13-12-19(6-5-18-13)17(21)15-11-14(3-4-16(15)24-2)26(22,23)20-7-9-25-10-8-20/h3-4,11,13,18H,5-10,12H2,1-2H3. The van der Waals surface area contributed by atoms with E-state index in [9.17, 15) is 13.2 Å². The van der Waals surface area contributed by atoms with Crippen molar-refractivity contribution in [2.75, 3.05) is 53.0 Å². The van der Waals surface area contributed by atoms with E-state index in [-0.39, 0.29) is 22.4 Å². The van der Waals surface area contributed by atoms with Gasteiger partial charge in [0, 0.05) is 38.8 Å². The number of ether oxygens (including phenoxy) is 2. The van der Waals surface area contributed by atoms with Gasteiger partial charge in [-0.1, -0.05) is 0 Å². The minimum atomic E-state index is -3.67. The fraction of sp³-hybridized carbons (Fsp3) is 0.588. The highest BCUT2D eigenvalue weighted by Gasteiger charge is 2.29. The number of nitrogens with one attached hydrogen (secondary N) is 1. The summed E-state index contributed by atoms with van der Waals surface area (Å²) in [5.74, 6) is 0.163. The van der Waals surface area contributed by atoms with Crippen LogP contribution in [0.5, 0.6) is 5.75 Å². The molecule has 1 amide bonds. The molecule has 0 aliphatic carbocycles. The first-order chi connectivity index (χ1) is 12.4. The lowest BCUT2D eigenvalue weighted by molar-refractivity contribution is 0.0704. The molecule has 1 atom stereocenters. The Balaban J connectivity index is 1.92. The van der Waals surface area contributed by atoms with Gasteiger partial charge in [-0.2, -0.15) is 4.31 Å². The second-order valence-corrected chi connectivity index (χ2v) is 8.42. The molecular formula is C17H25N3O5S. The highest BCUT2D eigenvalue weighted by molar-refractivity contribution is 7.89. The van der Waals surface area contributed by atoms with Gasteiger partial charge in [0.15, 0.2) is 0 Å². The van der Waals surface area contributed by atoms with Gasteiger partial charge >= 0.3 is 0 Å². The van der Waals surface area contributed by atoms with Crippen molar-refractivity contribution in [2.24, 2.45) is 0 Å². The average Bonchev–Trinajstić information content (AvgIpc) is 2.67. The van der Waals surface area contributed by atoms with Crippen molar-refractivity contribution in [3.05, 3.63) is 23.8 Å². The van der Waals surface area contributed by atoms with Crippen molar-refractivity contribution in [3.63, 3.8) is 0 Å². The second-order valence-electron chi connectivity index (χ2n) is 6.48. The van der Waals surface area contributed by atoms with Crippen LogP contribution in [0.15, 0.2) is 23.1 Å². The molecule has 1 unspecified atom stereocenters. The smallest absolute Gasteiger partial charge is 0.257 e. The van der Waals surface area contributed by atoms with Crippen LogP contribution < -0.4 is 10.1 Å². The topological polar surface area (TPSA) is 88.2 Å². The summed E-state index contributed by atoms with van der Waals surface area (Å²) in [5, 5.41) is 3.29. The number of benzene rings is 1. The predicted octanol–water partition coefficient (Wildman–Crippen LogP) is 0.150. The van der Waals surface area contributed by atoms with Gasteiger partial charge in [-0.15, -0.1) is 0 Å². The van der Waals surface area contributed by atoms with Gasteiger partial charge in [0.2, 0.25) is 10.0 Å². The van der Waals surface area contributed by atoms with Crippen molar-refractivity contribution < 1.29 is 22.7 Å². The van der Waals surface area contributed by atoms with Crippen molar-refractivity contribution in [1.82, 2.24) is 14.5 Å². The summed E-state index contributed by atoms with van der Waals surface area (Å²) < 4.78 is 37.7. The maximum absolute atomic E-state index is 13.0. The molecule has 0 saturated carbocycles. The number of sulfonamides is 1. The SMILES string of the molecule is COc1ccc(S(=O)(=O)N2CCOCC2)cc1C(=O)N1CCNC(C)C1. The molecule has 0 radical (unpaired) electrons. The normalized spacial score (nSPS) is 22.2. The Labute approximate surface area is 154 Å². The Morgan fingerprint density at radius 2 is 2.00 bits per heavy atom. The maximum atomic E-state index is 13.0. The number of morpholine rings is 1. The third-order valence-electron chi connectivity index (χ3n) is 4.67. The molecule has 2 fully saturated rings. The van der Waals surface area contributed by atoms with Crippen LogP contribution >= 0.6 is 0 Å². The van der Waals surface area contributed by atoms with Crippen LogP contribution in [0.2, 0.25) is 0 Å². The lowest BCUT2D eigenvalue weighted by Crippen LogP contribution is -2.51. The minimum absolute atomic E-state index is 0.103. The summed E-state index contributed by atoms with van der Waals surface area (Å²) in [4.78, 5) is 14.8. The van der Waals surface area contributed by atoms with E-state index in [1.165, 1.54) is 23.5 Å². The first kappa shape index (κ1) is 19.1. The molecule has 0 bridgehead atoms. The van der Waals surface area contributed by atoms with Gasteiger partial charge < -0.3 is 19.7 Å². The molecule has 1 N–H and O–H groups in total. The highest BCUT2D eigenvalue weighted by atomic mass is 32.2. The van der Waals surface area contributed by atoms with Crippen LogP contribution in [0.25, 0.3) is 0 Å². The van der Waals surface area contributed by atoms with Crippen LogP contribution in [0.4, 0.5) is 0 Å². The third-order valence-corrected chi connectivity index (χ3v) is 6.56. The van der Waals surface area contributed by atoms with Gasteiger partial charge in [-0.25, -0.2) is 8.42 Å². The Bertz CT molecular complexity index is 762. The van der Waals surface area contributed by atoms with Gasteiger partial charge in [-0.05, 0) is 25.1 Å². The third kappa shape index (κ3) is 3.85. The zero-order valence-corrected chi connectivity index (χ0v) is 15.9. The molecular weight excluding hydrogens is 358 g/mol. The van der Waals surface area contributed by atoms with Crippen molar-refractivity contribution >= 4 is 15.9 Å². The molecule has 3 rings (SSSR count). The molecule has 2 aliphatic rings. The number of carbonyl (C=O) groups excluding carboxylic acids is 1. The number of hydrogen-bond donors (Lipinski definition) is 1. The van der Waals surface area contributed by atoms with Crippen LogP contribution in [0, 0.1) is 0 Å². The molecule has 26 heavy (non-hydrogen) atoms. The first-order valence-corrected chi connectivity index (χ1v) is 10.2.